The minimum atomic E-state index is 0.775. The van der Waals surface area contributed by atoms with Crippen LogP contribution in [-0.4, -0.2) is 29.6 Å². The van der Waals surface area contributed by atoms with Crippen LogP contribution in [0, 0.1) is 18.8 Å². The minimum absolute atomic E-state index is 0.775. The third-order valence-corrected chi connectivity index (χ3v) is 4.41. The Balaban J connectivity index is 2.08. The highest BCUT2D eigenvalue weighted by atomic mass is 15.2. The Bertz CT molecular complexity index is 444. The molecule has 118 valence electrons. The summed E-state index contributed by atoms with van der Waals surface area (Å²) in [5.41, 5.74) is 1.04. The largest absolute Gasteiger partial charge is 0.356 e. The van der Waals surface area contributed by atoms with Gasteiger partial charge in [-0.15, -0.1) is 0 Å². The van der Waals surface area contributed by atoms with Crippen LogP contribution in [0.1, 0.15) is 52.1 Å². The minimum Gasteiger partial charge on any atom is -0.356 e. The normalized spacial score (nSPS) is 19.7. The molecule has 0 aromatic carbocycles. The van der Waals surface area contributed by atoms with Crippen LogP contribution in [0.4, 0.5) is 11.8 Å². The van der Waals surface area contributed by atoms with E-state index in [1.807, 2.05) is 0 Å². The van der Waals surface area contributed by atoms with E-state index < -0.39 is 0 Å². The molecule has 1 saturated heterocycles. The summed E-state index contributed by atoms with van der Waals surface area (Å²) in [4.78, 5) is 11.6. The molecule has 2 rings (SSSR count). The summed E-state index contributed by atoms with van der Waals surface area (Å²) in [5, 5.41) is 3.31. The molecule has 4 nitrogen and oxygen atoms in total. The van der Waals surface area contributed by atoms with Crippen molar-refractivity contribution in [2.24, 2.45) is 11.8 Å². The monoisotopic (exact) mass is 290 g/mol. The van der Waals surface area contributed by atoms with E-state index in [1.165, 1.54) is 19.3 Å². The molecule has 1 aliphatic heterocycles. The van der Waals surface area contributed by atoms with Crippen molar-refractivity contribution in [2.75, 3.05) is 29.9 Å². The fourth-order valence-electron chi connectivity index (χ4n) is 3.05. The summed E-state index contributed by atoms with van der Waals surface area (Å²) in [6.07, 6.45) is 4.98. The van der Waals surface area contributed by atoms with Crippen LogP contribution < -0.4 is 10.2 Å². The average Bonchev–Trinajstić information content (AvgIpc) is 2.70. The van der Waals surface area contributed by atoms with Crippen LogP contribution >= 0.6 is 0 Å². The number of nitrogens with zero attached hydrogens (tertiary/aromatic N) is 3. The average molecular weight is 290 g/mol. The van der Waals surface area contributed by atoms with Gasteiger partial charge in [0.05, 0.1) is 0 Å². The molecule has 0 saturated carbocycles. The molecular weight excluding hydrogens is 260 g/mol. The molecule has 1 atom stereocenters. The lowest BCUT2D eigenvalue weighted by molar-refractivity contribution is 0.351. The third-order valence-electron chi connectivity index (χ3n) is 4.41. The molecule has 2 heterocycles. The Labute approximate surface area is 129 Å². The molecule has 0 radical (unpaired) electrons. The SMILES string of the molecule is CCCNc1nc(C)cc(N2CCCC(C(C)C)CC2)n1. The van der Waals surface area contributed by atoms with Gasteiger partial charge in [0, 0.05) is 31.4 Å². The van der Waals surface area contributed by atoms with E-state index >= 15 is 0 Å². The molecule has 0 amide bonds. The van der Waals surface area contributed by atoms with Crippen LogP contribution in [0.2, 0.25) is 0 Å². The summed E-state index contributed by atoms with van der Waals surface area (Å²) in [6, 6.07) is 2.12. The number of nitrogens with one attached hydrogen (secondary N) is 1. The first-order valence-corrected chi connectivity index (χ1v) is 8.44. The van der Waals surface area contributed by atoms with Gasteiger partial charge in [0.15, 0.2) is 0 Å². The van der Waals surface area contributed by atoms with Crippen LogP contribution in [0.5, 0.6) is 0 Å². The van der Waals surface area contributed by atoms with E-state index in [0.717, 1.165) is 55.4 Å². The highest BCUT2D eigenvalue weighted by Crippen LogP contribution is 2.27. The molecule has 1 aliphatic rings. The molecule has 0 aliphatic carbocycles. The lowest BCUT2D eigenvalue weighted by Gasteiger charge is -2.23. The van der Waals surface area contributed by atoms with E-state index in [2.05, 4.69) is 49.0 Å². The predicted octanol–water partition coefficient (Wildman–Crippen LogP) is 3.87. The van der Waals surface area contributed by atoms with E-state index in [0.29, 0.717) is 0 Å². The second-order valence-electron chi connectivity index (χ2n) is 6.54. The quantitative estimate of drug-likeness (QED) is 0.893. The van der Waals surface area contributed by atoms with Gasteiger partial charge in [-0.3, -0.25) is 0 Å². The summed E-state index contributed by atoms with van der Waals surface area (Å²) >= 11 is 0. The Morgan fingerprint density at radius 1 is 1.29 bits per heavy atom. The Morgan fingerprint density at radius 3 is 2.81 bits per heavy atom. The van der Waals surface area contributed by atoms with Crippen LogP contribution in [0.25, 0.3) is 0 Å². The fourth-order valence-corrected chi connectivity index (χ4v) is 3.05. The van der Waals surface area contributed by atoms with Gasteiger partial charge < -0.3 is 10.2 Å². The van der Waals surface area contributed by atoms with Crippen molar-refractivity contribution in [3.63, 3.8) is 0 Å². The van der Waals surface area contributed by atoms with Gasteiger partial charge in [-0.1, -0.05) is 20.8 Å². The number of aryl methyl sites for hydroxylation is 1. The van der Waals surface area contributed by atoms with E-state index in [4.69, 9.17) is 4.98 Å². The summed E-state index contributed by atoms with van der Waals surface area (Å²) < 4.78 is 0. The molecule has 1 unspecified atom stereocenters. The van der Waals surface area contributed by atoms with Crippen LogP contribution in [-0.2, 0) is 0 Å². The van der Waals surface area contributed by atoms with Crippen molar-refractivity contribution in [3.05, 3.63) is 11.8 Å². The van der Waals surface area contributed by atoms with E-state index in [9.17, 15) is 0 Å². The number of rotatable bonds is 5. The van der Waals surface area contributed by atoms with Crippen molar-refractivity contribution in [1.29, 1.82) is 0 Å². The Kier molecular flexibility index (Phi) is 5.83. The molecule has 1 aromatic heterocycles. The first-order valence-electron chi connectivity index (χ1n) is 8.44. The lowest BCUT2D eigenvalue weighted by Crippen LogP contribution is -2.26. The van der Waals surface area contributed by atoms with Gasteiger partial charge in [-0.05, 0) is 44.4 Å². The van der Waals surface area contributed by atoms with E-state index in [1.54, 1.807) is 0 Å². The number of aromatic nitrogens is 2. The molecule has 1 N–H and O–H groups in total. The van der Waals surface area contributed by atoms with Gasteiger partial charge in [0.25, 0.3) is 0 Å². The maximum absolute atomic E-state index is 4.71. The maximum Gasteiger partial charge on any atom is 0.224 e. The summed E-state index contributed by atoms with van der Waals surface area (Å²) in [6.45, 7) is 12.1. The van der Waals surface area contributed by atoms with Gasteiger partial charge >= 0.3 is 0 Å². The standard InChI is InChI=1S/C17H30N4/c1-5-9-18-17-19-14(4)12-16(20-17)21-10-6-7-15(8-11-21)13(2)3/h12-13,15H,5-11H2,1-4H3,(H,18,19,20). The Hall–Kier alpha value is -1.32. The molecule has 0 bridgehead atoms. The first kappa shape index (κ1) is 16.1. The van der Waals surface area contributed by atoms with Crippen molar-refractivity contribution >= 4 is 11.8 Å². The second-order valence-corrected chi connectivity index (χ2v) is 6.54. The third kappa shape index (κ3) is 4.58. The zero-order valence-electron chi connectivity index (χ0n) is 14.0. The topological polar surface area (TPSA) is 41.1 Å². The zero-order valence-corrected chi connectivity index (χ0v) is 14.0. The van der Waals surface area contributed by atoms with Crippen molar-refractivity contribution in [2.45, 2.75) is 53.4 Å². The molecule has 4 heteroatoms. The number of hydrogen-bond acceptors (Lipinski definition) is 4. The molecular formula is C17H30N4. The van der Waals surface area contributed by atoms with Gasteiger partial charge in [-0.25, -0.2) is 4.98 Å². The first-order chi connectivity index (χ1) is 10.1. The molecule has 0 spiro atoms. The molecule has 1 aromatic rings. The van der Waals surface area contributed by atoms with Crippen molar-refractivity contribution < 1.29 is 0 Å². The van der Waals surface area contributed by atoms with E-state index in [-0.39, 0.29) is 0 Å². The highest BCUT2D eigenvalue weighted by molar-refractivity contribution is 5.44. The maximum atomic E-state index is 4.71. The predicted molar refractivity (Wildman–Crippen MR) is 89.9 cm³/mol. The second kappa shape index (κ2) is 7.62. The Morgan fingerprint density at radius 2 is 2.10 bits per heavy atom. The fraction of sp³-hybridized carbons (Fsp3) is 0.765. The van der Waals surface area contributed by atoms with Crippen LogP contribution in [0.3, 0.4) is 0 Å². The molecule has 21 heavy (non-hydrogen) atoms. The molecule has 1 fully saturated rings. The van der Waals surface area contributed by atoms with Crippen molar-refractivity contribution in [3.8, 4) is 0 Å². The number of hydrogen-bond donors (Lipinski definition) is 1. The van der Waals surface area contributed by atoms with Gasteiger partial charge in [0.2, 0.25) is 5.95 Å². The van der Waals surface area contributed by atoms with Crippen LogP contribution in [0.15, 0.2) is 6.07 Å². The number of anilines is 2. The van der Waals surface area contributed by atoms with Crippen molar-refractivity contribution in [1.82, 2.24) is 9.97 Å². The summed E-state index contributed by atoms with van der Waals surface area (Å²) in [5.74, 6) is 3.51. The lowest BCUT2D eigenvalue weighted by atomic mass is 9.89. The zero-order chi connectivity index (χ0) is 15.2. The van der Waals surface area contributed by atoms with Gasteiger partial charge in [-0.2, -0.15) is 4.98 Å². The summed E-state index contributed by atoms with van der Waals surface area (Å²) in [7, 11) is 0. The highest BCUT2D eigenvalue weighted by Gasteiger charge is 2.20. The smallest absolute Gasteiger partial charge is 0.224 e. The van der Waals surface area contributed by atoms with Gasteiger partial charge in [0.1, 0.15) is 5.82 Å².